The fraction of sp³-hybridized carbons (Fsp3) is 0.625. The molecule has 0 aromatic carbocycles. The van der Waals surface area contributed by atoms with Gasteiger partial charge in [-0.2, -0.15) is 8.75 Å². The molecule has 1 aromatic rings. The van der Waals surface area contributed by atoms with Gasteiger partial charge in [-0.3, -0.25) is 4.79 Å². The van der Waals surface area contributed by atoms with E-state index in [1.54, 1.807) is 0 Å². The van der Waals surface area contributed by atoms with Crippen LogP contribution in [-0.4, -0.2) is 32.9 Å². The van der Waals surface area contributed by atoms with E-state index in [4.69, 9.17) is 5.11 Å². The Bertz CT molecular complexity index is 321. The van der Waals surface area contributed by atoms with Crippen LogP contribution in [0.1, 0.15) is 23.3 Å². The normalized spacial score (nSPS) is 17.8. The molecule has 1 saturated carbocycles. The molecule has 0 radical (unpaired) electrons. The third-order valence-electron chi connectivity index (χ3n) is 2.51. The smallest absolute Gasteiger partial charge is 0.272 e. The molecule has 0 aliphatic heterocycles. The van der Waals surface area contributed by atoms with Crippen molar-refractivity contribution in [2.75, 3.05) is 13.2 Å². The number of aliphatic hydroxyl groups excluding tert-OH is 1. The first-order valence-corrected chi connectivity index (χ1v) is 5.15. The Labute approximate surface area is 85.5 Å². The zero-order valence-electron chi connectivity index (χ0n) is 7.56. The zero-order chi connectivity index (χ0) is 10.0. The minimum absolute atomic E-state index is 0.0564. The van der Waals surface area contributed by atoms with Gasteiger partial charge in [-0.05, 0) is 12.8 Å². The molecule has 0 unspecified atom stereocenters. The van der Waals surface area contributed by atoms with Crippen molar-refractivity contribution >= 4 is 17.6 Å². The molecule has 0 saturated heterocycles. The topological polar surface area (TPSA) is 75.1 Å². The quantitative estimate of drug-likeness (QED) is 0.740. The summed E-state index contributed by atoms with van der Waals surface area (Å²) in [5.74, 6) is -0.210. The molecule has 0 spiro atoms. The largest absolute Gasteiger partial charge is 0.396 e. The van der Waals surface area contributed by atoms with Crippen LogP contribution in [0, 0.1) is 5.41 Å². The molecule has 1 aliphatic carbocycles. The van der Waals surface area contributed by atoms with Gasteiger partial charge in [-0.1, -0.05) is 0 Å². The van der Waals surface area contributed by atoms with Gasteiger partial charge in [0.15, 0.2) is 5.69 Å². The Morgan fingerprint density at radius 3 is 3.00 bits per heavy atom. The minimum Gasteiger partial charge on any atom is -0.396 e. The van der Waals surface area contributed by atoms with Crippen molar-refractivity contribution in [3.8, 4) is 0 Å². The molecule has 1 aliphatic rings. The van der Waals surface area contributed by atoms with Gasteiger partial charge in [0.05, 0.1) is 24.5 Å². The molecule has 14 heavy (non-hydrogen) atoms. The van der Waals surface area contributed by atoms with E-state index in [1.165, 1.54) is 6.20 Å². The molecule has 1 heterocycles. The number of aliphatic hydroxyl groups is 1. The lowest BCUT2D eigenvalue weighted by molar-refractivity contribution is 0.0931. The highest BCUT2D eigenvalue weighted by Gasteiger charge is 2.42. The number of nitrogens with zero attached hydrogens (tertiary/aromatic N) is 2. The van der Waals surface area contributed by atoms with Crippen LogP contribution in [0.5, 0.6) is 0 Å². The molecular formula is C8H11N3O2S. The van der Waals surface area contributed by atoms with Gasteiger partial charge in [0.25, 0.3) is 5.91 Å². The van der Waals surface area contributed by atoms with E-state index in [9.17, 15) is 4.79 Å². The molecule has 2 N–H and O–H groups in total. The number of nitrogens with one attached hydrogen (secondary N) is 1. The van der Waals surface area contributed by atoms with Crippen molar-refractivity contribution in [1.82, 2.24) is 14.1 Å². The van der Waals surface area contributed by atoms with E-state index < -0.39 is 0 Å². The van der Waals surface area contributed by atoms with Crippen LogP contribution in [0.25, 0.3) is 0 Å². The second-order valence-electron chi connectivity index (χ2n) is 3.63. The van der Waals surface area contributed by atoms with Crippen molar-refractivity contribution < 1.29 is 9.90 Å². The van der Waals surface area contributed by atoms with Crippen molar-refractivity contribution in [2.24, 2.45) is 5.41 Å². The molecule has 5 nitrogen and oxygen atoms in total. The van der Waals surface area contributed by atoms with Gasteiger partial charge < -0.3 is 10.4 Å². The van der Waals surface area contributed by atoms with Crippen LogP contribution in [0.2, 0.25) is 0 Å². The average molecular weight is 213 g/mol. The van der Waals surface area contributed by atoms with Crippen molar-refractivity contribution in [2.45, 2.75) is 12.8 Å². The number of hydrogen-bond acceptors (Lipinski definition) is 5. The third-order valence-corrected chi connectivity index (χ3v) is 2.99. The van der Waals surface area contributed by atoms with Crippen LogP contribution >= 0.6 is 11.7 Å². The predicted octanol–water partition coefficient (Wildman–Crippen LogP) is 0.0404. The van der Waals surface area contributed by atoms with Crippen LogP contribution in [0.15, 0.2) is 6.20 Å². The van der Waals surface area contributed by atoms with Crippen molar-refractivity contribution in [3.05, 3.63) is 11.9 Å². The maximum absolute atomic E-state index is 11.4. The Kier molecular flexibility index (Phi) is 2.47. The van der Waals surface area contributed by atoms with Crippen LogP contribution in [0.3, 0.4) is 0 Å². The lowest BCUT2D eigenvalue weighted by Gasteiger charge is -2.11. The lowest BCUT2D eigenvalue weighted by Crippen LogP contribution is -2.31. The highest BCUT2D eigenvalue weighted by atomic mass is 32.1. The Morgan fingerprint density at radius 2 is 2.50 bits per heavy atom. The first-order valence-electron chi connectivity index (χ1n) is 4.42. The number of amides is 1. The lowest BCUT2D eigenvalue weighted by atomic mass is 10.1. The van der Waals surface area contributed by atoms with E-state index >= 15 is 0 Å². The van der Waals surface area contributed by atoms with Crippen molar-refractivity contribution in [1.29, 1.82) is 0 Å². The predicted molar refractivity (Wildman–Crippen MR) is 51.0 cm³/mol. The van der Waals surface area contributed by atoms with E-state index in [1.807, 2.05) is 0 Å². The first kappa shape index (κ1) is 9.54. The molecule has 0 bridgehead atoms. The maximum atomic E-state index is 11.4. The van der Waals surface area contributed by atoms with Gasteiger partial charge in [-0.15, -0.1) is 0 Å². The number of hydrogen-bond donors (Lipinski definition) is 2. The molecule has 1 aromatic heterocycles. The molecule has 76 valence electrons. The molecule has 2 rings (SSSR count). The maximum Gasteiger partial charge on any atom is 0.272 e. The molecule has 6 heteroatoms. The Balaban J connectivity index is 1.84. The van der Waals surface area contributed by atoms with Gasteiger partial charge in [0.1, 0.15) is 0 Å². The molecule has 1 amide bonds. The Morgan fingerprint density at radius 1 is 1.71 bits per heavy atom. The molecule has 1 fully saturated rings. The number of carbonyl (C=O) groups excluding carboxylic acids is 1. The summed E-state index contributed by atoms with van der Waals surface area (Å²) in [5, 5.41) is 11.8. The van der Waals surface area contributed by atoms with E-state index in [-0.39, 0.29) is 17.9 Å². The van der Waals surface area contributed by atoms with E-state index in [0.29, 0.717) is 12.2 Å². The summed E-state index contributed by atoms with van der Waals surface area (Å²) in [6.07, 6.45) is 3.41. The highest BCUT2D eigenvalue weighted by molar-refractivity contribution is 6.99. The minimum atomic E-state index is -0.210. The van der Waals surface area contributed by atoms with Gasteiger partial charge in [0, 0.05) is 12.0 Å². The summed E-state index contributed by atoms with van der Waals surface area (Å²) in [6.45, 7) is 0.669. The second-order valence-corrected chi connectivity index (χ2v) is 4.19. The summed E-state index contributed by atoms with van der Waals surface area (Å²) in [5.41, 5.74) is 0.294. The van der Waals surface area contributed by atoms with E-state index in [0.717, 1.165) is 24.6 Å². The standard InChI is InChI=1S/C8H11N3O2S/c12-5-8(1-2-8)4-9-7(13)6-3-10-14-11-6/h3,12H,1-2,4-5H2,(H,9,13). The average Bonchev–Trinajstić information content (AvgIpc) is 2.78. The summed E-state index contributed by atoms with van der Waals surface area (Å²) in [4.78, 5) is 11.4. The fourth-order valence-electron chi connectivity index (χ4n) is 1.19. The molecule has 0 atom stereocenters. The summed E-state index contributed by atoms with van der Waals surface area (Å²) in [6, 6.07) is 0. The van der Waals surface area contributed by atoms with E-state index in [2.05, 4.69) is 14.1 Å². The number of aromatic nitrogens is 2. The Hall–Kier alpha value is -1.01. The summed E-state index contributed by atoms with van der Waals surface area (Å²) in [7, 11) is 0. The van der Waals surface area contributed by atoms with Crippen molar-refractivity contribution in [3.63, 3.8) is 0 Å². The highest BCUT2D eigenvalue weighted by Crippen LogP contribution is 2.44. The van der Waals surface area contributed by atoms with Gasteiger partial charge in [-0.25, -0.2) is 0 Å². The van der Waals surface area contributed by atoms with Gasteiger partial charge in [0.2, 0.25) is 0 Å². The number of carbonyl (C=O) groups is 1. The summed E-state index contributed by atoms with van der Waals surface area (Å²) < 4.78 is 7.56. The van der Waals surface area contributed by atoms with Crippen LogP contribution in [-0.2, 0) is 0 Å². The zero-order valence-corrected chi connectivity index (χ0v) is 8.38. The third kappa shape index (κ3) is 1.91. The fourth-order valence-corrected chi connectivity index (χ4v) is 1.60. The van der Waals surface area contributed by atoms with Crippen LogP contribution < -0.4 is 5.32 Å². The SMILES string of the molecule is O=C(NCC1(CO)CC1)c1cnsn1. The summed E-state index contributed by atoms with van der Waals surface area (Å²) >= 11 is 1.01. The molecular weight excluding hydrogens is 202 g/mol. The van der Waals surface area contributed by atoms with Gasteiger partial charge >= 0.3 is 0 Å². The number of rotatable bonds is 4. The second kappa shape index (κ2) is 3.62. The first-order chi connectivity index (χ1) is 6.76. The van der Waals surface area contributed by atoms with Crippen LogP contribution in [0.4, 0.5) is 0 Å². The monoisotopic (exact) mass is 213 g/mol.